The maximum atomic E-state index is 13.7. The summed E-state index contributed by atoms with van der Waals surface area (Å²) in [6, 6.07) is 21.1. The molecular formula is C34H41N3O6. The van der Waals surface area contributed by atoms with Crippen molar-refractivity contribution in [3.8, 4) is 17.2 Å². The molecule has 3 aromatic rings. The van der Waals surface area contributed by atoms with Gasteiger partial charge in [-0.25, -0.2) is 9.59 Å². The number of hydrogen-bond acceptors (Lipinski definition) is 6. The van der Waals surface area contributed by atoms with Gasteiger partial charge in [0.1, 0.15) is 18.0 Å². The Morgan fingerprint density at radius 3 is 2.37 bits per heavy atom. The first kappa shape index (κ1) is 31.3. The van der Waals surface area contributed by atoms with Crippen molar-refractivity contribution in [3.05, 3.63) is 90.0 Å². The lowest BCUT2D eigenvalue weighted by Gasteiger charge is -2.36. The van der Waals surface area contributed by atoms with Crippen LogP contribution in [0.15, 0.2) is 73.3 Å². The molecule has 228 valence electrons. The van der Waals surface area contributed by atoms with Crippen LogP contribution in [0.4, 0.5) is 15.3 Å². The molecule has 3 amide bonds. The molecule has 0 bridgehead atoms. The predicted molar refractivity (Wildman–Crippen MR) is 168 cm³/mol. The van der Waals surface area contributed by atoms with Crippen LogP contribution in [0.3, 0.4) is 0 Å². The van der Waals surface area contributed by atoms with Gasteiger partial charge in [0.05, 0.1) is 20.8 Å². The molecule has 1 fully saturated rings. The second kappa shape index (κ2) is 14.0. The second-order valence-corrected chi connectivity index (χ2v) is 11.3. The first-order valence-electron chi connectivity index (χ1n) is 14.3. The summed E-state index contributed by atoms with van der Waals surface area (Å²) >= 11 is 0. The van der Waals surface area contributed by atoms with Gasteiger partial charge in [-0.15, -0.1) is 0 Å². The SMILES string of the molecule is C=C(CNC(=O)OC(C)(C)C)c1ccc(CN2CCCN(c3ccc(OC)c(OCc4ccccc4)c3)C2=O)c(OC)c1. The van der Waals surface area contributed by atoms with E-state index in [1.165, 1.54) is 0 Å². The number of carbonyl (C=O) groups is 2. The van der Waals surface area contributed by atoms with E-state index in [2.05, 4.69) is 11.9 Å². The molecule has 1 heterocycles. The molecule has 0 saturated carbocycles. The Hall–Kier alpha value is -4.66. The zero-order chi connectivity index (χ0) is 31.0. The number of nitrogens with one attached hydrogen (secondary N) is 1. The van der Waals surface area contributed by atoms with Crippen molar-refractivity contribution in [2.75, 3.05) is 38.8 Å². The summed E-state index contributed by atoms with van der Waals surface area (Å²) in [5.74, 6) is 1.82. The van der Waals surface area contributed by atoms with E-state index in [1.807, 2.05) is 92.4 Å². The maximum Gasteiger partial charge on any atom is 0.407 e. The van der Waals surface area contributed by atoms with E-state index in [4.69, 9.17) is 18.9 Å². The third-order valence-electron chi connectivity index (χ3n) is 6.91. The Morgan fingerprint density at radius 1 is 0.930 bits per heavy atom. The topological polar surface area (TPSA) is 89.6 Å². The molecule has 1 aliphatic heterocycles. The molecule has 0 unspecified atom stereocenters. The van der Waals surface area contributed by atoms with Crippen molar-refractivity contribution in [2.24, 2.45) is 0 Å². The minimum atomic E-state index is -0.580. The maximum absolute atomic E-state index is 13.7. The van der Waals surface area contributed by atoms with E-state index in [9.17, 15) is 9.59 Å². The number of benzene rings is 3. The number of hydrogen-bond donors (Lipinski definition) is 1. The van der Waals surface area contributed by atoms with E-state index in [0.29, 0.717) is 49.1 Å². The summed E-state index contributed by atoms with van der Waals surface area (Å²) in [6.45, 7) is 11.8. The number of anilines is 1. The van der Waals surface area contributed by atoms with Crippen molar-refractivity contribution in [1.82, 2.24) is 10.2 Å². The van der Waals surface area contributed by atoms with E-state index in [-0.39, 0.29) is 12.6 Å². The number of rotatable bonds is 11. The standard InChI is InChI=1S/C34H41N3O6/c1-24(21-35-32(38)43-34(2,3)4)26-13-14-27(30(19-26)41-6)22-36-17-10-18-37(33(36)39)28-15-16-29(40-5)31(20-28)42-23-25-11-8-7-9-12-25/h7-9,11-16,19-20H,1,10,17-18,21-23H2,2-6H3,(H,35,38). The van der Waals surface area contributed by atoms with Crippen LogP contribution in [0.1, 0.15) is 43.9 Å². The van der Waals surface area contributed by atoms with Crippen molar-refractivity contribution in [2.45, 2.75) is 45.9 Å². The van der Waals surface area contributed by atoms with Crippen molar-refractivity contribution in [1.29, 1.82) is 0 Å². The van der Waals surface area contributed by atoms with Crippen LogP contribution in [0, 0.1) is 0 Å². The largest absolute Gasteiger partial charge is 0.496 e. The zero-order valence-electron chi connectivity index (χ0n) is 25.6. The van der Waals surface area contributed by atoms with Crippen LogP contribution < -0.4 is 24.4 Å². The van der Waals surface area contributed by atoms with Crippen LogP contribution in [-0.2, 0) is 17.9 Å². The molecular weight excluding hydrogens is 546 g/mol. The normalized spacial score (nSPS) is 13.4. The first-order valence-corrected chi connectivity index (χ1v) is 14.3. The molecule has 1 aliphatic rings. The monoisotopic (exact) mass is 587 g/mol. The van der Waals surface area contributed by atoms with Gasteiger partial charge in [-0.1, -0.05) is 49.0 Å². The fraction of sp³-hybridized carbons (Fsp3) is 0.353. The Labute approximate surface area is 254 Å². The highest BCUT2D eigenvalue weighted by molar-refractivity contribution is 5.93. The molecule has 9 nitrogen and oxygen atoms in total. The molecule has 4 rings (SSSR count). The summed E-state index contributed by atoms with van der Waals surface area (Å²) in [6.07, 6.45) is 0.308. The number of carbonyl (C=O) groups excluding carboxylic acids is 2. The third-order valence-corrected chi connectivity index (χ3v) is 6.91. The lowest BCUT2D eigenvalue weighted by molar-refractivity contribution is 0.0535. The third kappa shape index (κ3) is 8.44. The molecule has 0 radical (unpaired) electrons. The Kier molecular flexibility index (Phi) is 10.2. The average Bonchev–Trinajstić information content (AvgIpc) is 2.99. The molecule has 0 spiro atoms. The lowest BCUT2D eigenvalue weighted by atomic mass is 10.0. The average molecular weight is 588 g/mol. The Balaban J connectivity index is 1.43. The van der Waals surface area contributed by atoms with Crippen molar-refractivity contribution < 1.29 is 28.5 Å². The van der Waals surface area contributed by atoms with E-state index >= 15 is 0 Å². The number of amides is 3. The number of nitrogens with zero attached hydrogens (tertiary/aromatic N) is 2. The van der Waals surface area contributed by atoms with Gasteiger partial charge in [0.25, 0.3) is 0 Å². The Morgan fingerprint density at radius 2 is 1.67 bits per heavy atom. The fourth-order valence-electron chi connectivity index (χ4n) is 4.75. The number of alkyl carbamates (subject to hydrolysis) is 1. The van der Waals surface area contributed by atoms with Crippen LogP contribution in [0.25, 0.3) is 5.57 Å². The summed E-state index contributed by atoms with van der Waals surface area (Å²) in [7, 11) is 3.20. The van der Waals surface area contributed by atoms with Gasteiger partial charge < -0.3 is 29.2 Å². The molecule has 1 saturated heterocycles. The van der Waals surface area contributed by atoms with Crippen LogP contribution >= 0.6 is 0 Å². The van der Waals surface area contributed by atoms with Gasteiger partial charge in [-0.2, -0.15) is 0 Å². The molecule has 1 N–H and O–H groups in total. The molecule has 43 heavy (non-hydrogen) atoms. The van der Waals surface area contributed by atoms with E-state index < -0.39 is 11.7 Å². The summed E-state index contributed by atoms with van der Waals surface area (Å²) < 4.78 is 22.6. The van der Waals surface area contributed by atoms with E-state index in [1.54, 1.807) is 19.1 Å². The van der Waals surface area contributed by atoms with Crippen LogP contribution in [0.2, 0.25) is 0 Å². The molecule has 0 atom stereocenters. The fourth-order valence-corrected chi connectivity index (χ4v) is 4.75. The second-order valence-electron chi connectivity index (χ2n) is 11.3. The highest BCUT2D eigenvalue weighted by atomic mass is 16.6. The van der Waals surface area contributed by atoms with Crippen LogP contribution in [0.5, 0.6) is 17.2 Å². The zero-order valence-corrected chi connectivity index (χ0v) is 25.6. The van der Waals surface area contributed by atoms with Crippen molar-refractivity contribution in [3.63, 3.8) is 0 Å². The summed E-state index contributed by atoms with van der Waals surface area (Å²) in [4.78, 5) is 29.3. The van der Waals surface area contributed by atoms with Crippen LogP contribution in [-0.4, -0.2) is 56.5 Å². The molecule has 0 aliphatic carbocycles. The predicted octanol–water partition coefficient (Wildman–Crippen LogP) is 6.65. The highest BCUT2D eigenvalue weighted by Crippen LogP contribution is 2.34. The highest BCUT2D eigenvalue weighted by Gasteiger charge is 2.28. The van der Waals surface area contributed by atoms with Gasteiger partial charge >= 0.3 is 12.1 Å². The number of methoxy groups -OCH3 is 2. The quantitative estimate of drug-likeness (QED) is 0.270. The van der Waals surface area contributed by atoms with Gasteiger partial charge in [-0.05, 0) is 62.1 Å². The van der Waals surface area contributed by atoms with Gasteiger partial charge in [0.2, 0.25) is 0 Å². The Bertz CT molecular complexity index is 1430. The molecule has 3 aromatic carbocycles. The van der Waals surface area contributed by atoms with E-state index in [0.717, 1.165) is 28.8 Å². The summed E-state index contributed by atoms with van der Waals surface area (Å²) in [5, 5.41) is 2.73. The number of urea groups is 1. The van der Waals surface area contributed by atoms with Gasteiger partial charge in [0.15, 0.2) is 11.5 Å². The first-order chi connectivity index (χ1) is 20.6. The molecule has 0 aromatic heterocycles. The smallest absolute Gasteiger partial charge is 0.407 e. The molecule has 9 heteroatoms. The summed E-state index contributed by atoms with van der Waals surface area (Å²) in [5.41, 5.74) is 3.61. The lowest BCUT2D eigenvalue weighted by Crippen LogP contribution is -2.49. The van der Waals surface area contributed by atoms with Crippen molar-refractivity contribution >= 4 is 23.4 Å². The van der Waals surface area contributed by atoms with Gasteiger partial charge in [0, 0.05) is 37.0 Å². The number of ether oxygens (including phenoxy) is 4. The van der Waals surface area contributed by atoms with Gasteiger partial charge in [-0.3, -0.25) is 4.90 Å². The minimum absolute atomic E-state index is 0.0949. The minimum Gasteiger partial charge on any atom is -0.496 e.